The number of H-pyrrole nitrogens is 1. The van der Waals surface area contributed by atoms with E-state index in [1.165, 1.54) is 0 Å². The lowest BCUT2D eigenvalue weighted by Gasteiger charge is -2.43. The molecule has 1 aromatic rings. The van der Waals surface area contributed by atoms with Gasteiger partial charge < -0.3 is 14.6 Å². The van der Waals surface area contributed by atoms with Gasteiger partial charge in [0.2, 0.25) is 0 Å². The third-order valence-electron chi connectivity index (χ3n) is 5.03. The van der Waals surface area contributed by atoms with Crippen LogP contribution in [0.25, 0.3) is 0 Å². The molecule has 0 spiro atoms. The highest BCUT2D eigenvalue weighted by Gasteiger charge is 2.51. The second-order valence-corrected chi connectivity index (χ2v) is 6.19. The fourth-order valence-electron chi connectivity index (χ4n) is 3.88. The molecule has 3 rings (SSSR count). The van der Waals surface area contributed by atoms with Crippen LogP contribution in [0.1, 0.15) is 31.4 Å². The van der Waals surface area contributed by atoms with Crippen LogP contribution in [-0.2, 0) is 20.8 Å². The van der Waals surface area contributed by atoms with E-state index in [4.69, 9.17) is 14.6 Å². The highest BCUT2D eigenvalue weighted by molar-refractivity contribution is 5.68. The molecule has 0 radical (unpaired) electrons. The predicted octanol–water partition coefficient (Wildman–Crippen LogP) is 1.02. The Morgan fingerprint density at radius 2 is 2.45 bits per heavy atom. The minimum absolute atomic E-state index is 0.00765. The van der Waals surface area contributed by atoms with E-state index >= 15 is 0 Å². The summed E-state index contributed by atoms with van der Waals surface area (Å²) in [4.78, 5) is 13.1. The second kappa shape index (κ2) is 6.36. The van der Waals surface area contributed by atoms with E-state index in [2.05, 4.69) is 15.1 Å². The van der Waals surface area contributed by atoms with Crippen molar-refractivity contribution < 1.29 is 19.4 Å². The fraction of sp³-hybridized carbons (Fsp3) is 0.733. The number of hydrogen-bond acceptors (Lipinski definition) is 5. The number of nitrogens with one attached hydrogen (secondary N) is 1. The van der Waals surface area contributed by atoms with Gasteiger partial charge in [0, 0.05) is 38.1 Å². The molecule has 0 unspecified atom stereocenters. The lowest BCUT2D eigenvalue weighted by Crippen LogP contribution is -2.51. The van der Waals surface area contributed by atoms with E-state index in [1.54, 1.807) is 13.3 Å². The highest BCUT2D eigenvalue weighted by atomic mass is 16.5. The van der Waals surface area contributed by atoms with Crippen LogP contribution in [0.2, 0.25) is 0 Å². The molecule has 7 nitrogen and oxygen atoms in total. The first kappa shape index (κ1) is 15.5. The van der Waals surface area contributed by atoms with Gasteiger partial charge in [0.1, 0.15) is 6.61 Å². The first-order valence-corrected chi connectivity index (χ1v) is 7.74. The van der Waals surface area contributed by atoms with E-state index in [0.29, 0.717) is 0 Å². The number of ether oxygens (including phenoxy) is 2. The number of carbonyl (C=O) groups is 1. The Kier molecular flexibility index (Phi) is 4.46. The SMILES string of the molecule is CO[C@@]12CC[C@@H](OCC(=O)O)C[C@@H]1N(Cc1ccn[nH]1)CC2. The van der Waals surface area contributed by atoms with Crippen molar-refractivity contribution in [3.8, 4) is 0 Å². The van der Waals surface area contributed by atoms with Crippen LogP contribution in [0.5, 0.6) is 0 Å². The number of likely N-dealkylation sites (tertiary alicyclic amines) is 1. The number of methoxy groups -OCH3 is 1. The topological polar surface area (TPSA) is 87.7 Å². The summed E-state index contributed by atoms with van der Waals surface area (Å²) in [6.07, 6.45) is 5.34. The molecule has 22 heavy (non-hydrogen) atoms. The number of hydrogen-bond donors (Lipinski definition) is 2. The van der Waals surface area contributed by atoms with Crippen LogP contribution in [0.3, 0.4) is 0 Å². The van der Waals surface area contributed by atoms with Gasteiger partial charge in [-0.1, -0.05) is 0 Å². The van der Waals surface area contributed by atoms with Crippen molar-refractivity contribution in [3.05, 3.63) is 18.0 Å². The number of carboxylic acid groups (broad SMARTS) is 1. The zero-order chi connectivity index (χ0) is 15.6. The van der Waals surface area contributed by atoms with Gasteiger partial charge in [0.05, 0.1) is 11.7 Å². The van der Waals surface area contributed by atoms with Crippen LogP contribution in [-0.4, -0.2) is 64.2 Å². The van der Waals surface area contributed by atoms with E-state index in [-0.39, 0.29) is 24.4 Å². The maximum Gasteiger partial charge on any atom is 0.329 e. The third-order valence-corrected chi connectivity index (χ3v) is 5.03. The van der Waals surface area contributed by atoms with E-state index in [1.807, 2.05) is 6.07 Å². The first-order valence-electron chi connectivity index (χ1n) is 7.74. The second-order valence-electron chi connectivity index (χ2n) is 6.19. The summed E-state index contributed by atoms with van der Waals surface area (Å²) in [6, 6.07) is 2.24. The van der Waals surface area contributed by atoms with E-state index in [0.717, 1.165) is 44.5 Å². The van der Waals surface area contributed by atoms with Crippen LogP contribution in [0.4, 0.5) is 0 Å². The smallest absolute Gasteiger partial charge is 0.329 e. The van der Waals surface area contributed by atoms with Gasteiger partial charge in [0.25, 0.3) is 0 Å². The number of aromatic amines is 1. The molecule has 0 aromatic carbocycles. The van der Waals surface area contributed by atoms with Gasteiger partial charge in [-0.15, -0.1) is 0 Å². The van der Waals surface area contributed by atoms with Crippen molar-refractivity contribution in [2.24, 2.45) is 0 Å². The number of fused-ring (bicyclic) bond motifs is 1. The molecule has 7 heteroatoms. The van der Waals surface area contributed by atoms with Gasteiger partial charge in [-0.25, -0.2) is 4.79 Å². The van der Waals surface area contributed by atoms with Crippen LogP contribution < -0.4 is 0 Å². The van der Waals surface area contributed by atoms with E-state index in [9.17, 15) is 4.79 Å². The summed E-state index contributed by atoms with van der Waals surface area (Å²) in [7, 11) is 1.78. The maximum absolute atomic E-state index is 10.7. The zero-order valence-electron chi connectivity index (χ0n) is 12.8. The van der Waals surface area contributed by atoms with Gasteiger partial charge in [-0.05, 0) is 31.7 Å². The zero-order valence-corrected chi connectivity index (χ0v) is 12.8. The molecule has 0 bridgehead atoms. The van der Waals surface area contributed by atoms with Crippen molar-refractivity contribution >= 4 is 5.97 Å². The van der Waals surface area contributed by atoms with Crippen LogP contribution in [0.15, 0.2) is 12.3 Å². The number of aromatic nitrogens is 2. The lowest BCUT2D eigenvalue weighted by atomic mass is 9.79. The normalized spacial score (nSPS) is 32.0. The van der Waals surface area contributed by atoms with Crippen molar-refractivity contribution in [2.75, 3.05) is 20.3 Å². The Bertz CT molecular complexity index is 507. The average Bonchev–Trinajstić information content (AvgIpc) is 3.14. The summed E-state index contributed by atoms with van der Waals surface area (Å²) < 4.78 is 11.4. The summed E-state index contributed by atoms with van der Waals surface area (Å²) in [5, 5.41) is 15.8. The molecule has 1 aromatic heterocycles. The molecule has 122 valence electrons. The molecule has 1 saturated heterocycles. The first-order chi connectivity index (χ1) is 10.6. The Morgan fingerprint density at radius 1 is 1.59 bits per heavy atom. The van der Waals surface area contributed by atoms with Crippen LogP contribution in [0, 0.1) is 0 Å². The highest BCUT2D eigenvalue weighted by Crippen LogP contribution is 2.43. The van der Waals surface area contributed by atoms with Crippen LogP contribution >= 0.6 is 0 Å². The summed E-state index contributed by atoms with van der Waals surface area (Å²) in [5.74, 6) is -0.913. The Morgan fingerprint density at radius 3 is 3.14 bits per heavy atom. The van der Waals surface area contributed by atoms with Crippen molar-refractivity contribution in [2.45, 2.75) is 50.0 Å². The third kappa shape index (κ3) is 3.02. The number of carboxylic acids is 1. The Hall–Kier alpha value is -1.44. The molecule has 1 saturated carbocycles. The molecule has 2 aliphatic rings. The fourth-order valence-corrected chi connectivity index (χ4v) is 3.88. The minimum atomic E-state index is -0.913. The Labute approximate surface area is 129 Å². The molecular formula is C15H23N3O4. The summed E-state index contributed by atoms with van der Waals surface area (Å²) in [6.45, 7) is 1.56. The molecule has 1 aliphatic carbocycles. The maximum atomic E-state index is 10.7. The quantitative estimate of drug-likeness (QED) is 0.816. The van der Waals surface area contributed by atoms with Gasteiger partial charge in [-0.2, -0.15) is 5.10 Å². The molecule has 2 N–H and O–H groups in total. The standard InChI is InChI=1S/C15H23N3O4/c1-21-15-4-2-12(22-10-14(19)20)8-13(15)18(7-5-15)9-11-3-6-16-17-11/h3,6,12-13H,2,4-5,7-10H2,1H3,(H,16,17)(H,19,20)/t12-,13+,15-/m1/s1. The lowest BCUT2D eigenvalue weighted by molar-refractivity contribution is -0.148. The summed E-state index contributed by atoms with van der Waals surface area (Å²) in [5.41, 5.74) is 0.962. The van der Waals surface area contributed by atoms with Crippen molar-refractivity contribution in [1.82, 2.24) is 15.1 Å². The number of aliphatic carboxylic acids is 1. The molecule has 2 fully saturated rings. The van der Waals surface area contributed by atoms with Gasteiger partial charge in [0.15, 0.2) is 0 Å². The van der Waals surface area contributed by atoms with Gasteiger partial charge >= 0.3 is 5.97 Å². The number of rotatable bonds is 6. The largest absolute Gasteiger partial charge is 0.480 e. The van der Waals surface area contributed by atoms with Crippen molar-refractivity contribution in [1.29, 1.82) is 0 Å². The van der Waals surface area contributed by atoms with E-state index < -0.39 is 5.97 Å². The Balaban J connectivity index is 1.68. The average molecular weight is 309 g/mol. The molecular weight excluding hydrogens is 286 g/mol. The minimum Gasteiger partial charge on any atom is -0.480 e. The molecule has 0 amide bonds. The van der Waals surface area contributed by atoms with Crippen molar-refractivity contribution in [3.63, 3.8) is 0 Å². The molecule has 3 atom stereocenters. The monoisotopic (exact) mass is 309 g/mol. The van der Waals surface area contributed by atoms with Gasteiger partial charge in [-0.3, -0.25) is 10.00 Å². The summed E-state index contributed by atoms with van der Waals surface area (Å²) >= 11 is 0. The molecule has 1 aliphatic heterocycles. The number of nitrogens with zero attached hydrogens (tertiary/aromatic N) is 2. The molecule has 2 heterocycles. The predicted molar refractivity (Wildman–Crippen MR) is 78.4 cm³/mol.